The Morgan fingerprint density at radius 2 is 2.07 bits per heavy atom. The van der Waals surface area contributed by atoms with E-state index in [-0.39, 0.29) is 0 Å². The van der Waals surface area contributed by atoms with E-state index < -0.39 is 0 Å². The second-order valence-electron chi connectivity index (χ2n) is 4.15. The molecule has 2 heteroatoms. The van der Waals surface area contributed by atoms with Gasteiger partial charge in [-0.25, -0.2) is 0 Å². The summed E-state index contributed by atoms with van der Waals surface area (Å²) in [5.74, 6) is 0.667. The third-order valence-electron chi connectivity index (χ3n) is 2.92. The van der Waals surface area contributed by atoms with Crippen LogP contribution in [0.1, 0.15) is 20.3 Å². The van der Waals surface area contributed by atoms with Crippen molar-refractivity contribution in [2.45, 2.75) is 36.5 Å². The van der Waals surface area contributed by atoms with Gasteiger partial charge in [-0.05, 0) is 24.5 Å². The van der Waals surface area contributed by atoms with Crippen LogP contribution in [0, 0.1) is 5.92 Å². The molecule has 1 aromatic rings. The fraction of sp³-hybridized carbons (Fsp3) is 0.538. The highest BCUT2D eigenvalue weighted by atomic mass is 32.2. The Hall–Kier alpha value is -0.470. The summed E-state index contributed by atoms with van der Waals surface area (Å²) >= 11 is 1.97. The van der Waals surface area contributed by atoms with Crippen LogP contribution in [0.25, 0.3) is 0 Å². The molecule has 0 aliphatic carbocycles. The molecular weight excluding hydrogens is 204 g/mol. The van der Waals surface area contributed by atoms with Crippen molar-refractivity contribution in [3.05, 3.63) is 30.3 Å². The summed E-state index contributed by atoms with van der Waals surface area (Å²) in [4.78, 5) is 1.36. The molecule has 0 aromatic heterocycles. The molecule has 1 aliphatic heterocycles. The Morgan fingerprint density at radius 1 is 1.33 bits per heavy atom. The number of thioether (sulfide) groups is 1. The van der Waals surface area contributed by atoms with E-state index in [4.69, 9.17) is 4.74 Å². The normalized spacial score (nSPS) is 30.7. The second kappa shape index (κ2) is 5.04. The Kier molecular flexibility index (Phi) is 3.71. The van der Waals surface area contributed by atoms with Crippen LogP contribution in [0.2, 0.25) is 0 Å². The lowest BCUT2D eigenvalue weighted by Crippen LogP contribution is -2.20. The van der Waals surface area contributed by atoms with Crippen LogP contribution in [-0.2, 0) is 4.74 Å². The van der Waals surface area contributed by atoms with Gasteiger partial charge in [0.25, 0.3) is 0 Å². The number of hydrogen-bond acceptors (Lipinski definition) is 2. The Balaban J connectivity index is 2.04. The smallest absolute Gasteiger partial charge is 0.0698 e. The van der Waals surface area contributed by atoms with Crippen LogP contribution in [0.5, 0.6) is 0 Å². The number of ether oxygens (including phenoxy) is 1. The summed E-state index contributed by atoms with van der Waals surface area (Å²) in [6, 6.07) is 10.6. The summed E-state index contributed by atoms with van der Waals surface area (Å²) in [5.41, 5.74) is 0. The van der Waals surface area contributed by atoms with E-state index in [1.807, 2.05) is 11.8 Å². The molecule has 0 N–H and O–H groups in total. The maximum atomic E-state index is 5.78. The summed E-state index contributed by atoms with van der Waals surface area (Å²) in [7, 11) is 0. The molecule has 82 valence electrons. The van der Waals surface area contributed by atoms with Crippen LogP contribution < -0.4 is 0 Å². The molecule has 1 saturated heterocycles. The molecular formula is C13H18OS. The molecule has 1 fully saturated rings. The number of benzene rings is 1. The Bertz CT molecular complexity index is 299. The van der Waals surface area contributed by atoms with Gasteiger partial charge in [-0.1, -0.05) is 32.0 Å². The third kappa shape index (κ3) is 2.56. The molecule has 2 rings (SSSR count). The molecule has 15 heavy (non-hydrogen) atoms. The van der Waals surface area contributed by atoms with Gasteiger partial charge in [0.05, 0.1) is 12.7 Å². The maximum absolute atomic E-state index is 5.78. The molecule has 3 atom stereocenters. The van der Waals surface area contributed by atoms with Gasteiger partial charge in [0, 0.05) is 10.1 Å². The standard InChI is InChI=1S/C13H18OS/c1-3-12-13(10(2)9-14-12)15-11-7-5-4-6-8-11/h4-8,10,12-13H,3,9H2,1-2H3/t10-,12-,13+/m0/s1. The fourth-order valence-corrected chi connectivity index (χ4v) is 3.39. The molecule has 1 aliphatic rings. The van der Waals surface area contributed by atoms with Gasteiger partial charge in [0.15, 0.2) is 0 Å². The van der Waals surface area contributed by atoms with E-state index >= 15 is 0 Å². The minimum atomic E-state index is 0.435. The predicted molar refractivity (Wildman–Crippen MR) is 65.3 cm³/mol. The van der Waals surface area contributed by atoms with E-state index in [2.05, 4.69) is 44.2 Å². The van der Waals surface area contributed by atoms with Gasteiger partial charge < -0.3 is 4.74 Å². The van der Waals surface area contributed by atoms with Crippen molar-refractivity contribution in [3.8, 4) is 0 Å². The molecule has 1 heterocycles. The first kappa shape index (κ1) is 11.0. The zero-order valence-corrected chi connectivity index (χ0v) is 10.2. The van der Waals surface area contributed by atoms with Gasteiger partial charge in [0.2, 0.25) is 0 Å². The van der Waals surface area contributed by atoms with Gasteiger partial charge in [0.1, 0.15) is 0 Å². The fourth-order valence-electron chi connectivity index (χ4n) is 2.03. The predicted octanol–water partition coefficient (Wildman–Crippen LogP) is 3.59. The monoisotopic (exact) mass is 222 g/mol. The minimum Gasteiger partial charge on any atom is -0.377 e. The number of rotatable bonds is 3. The van der Waals surface area contributed by atoms with Crippen molar-refractivity contribution in [1.82, 2.24) is 0 Å². The van der Waals surface area contributed by atoms with Crippen LogP contribution in [-0.4, -0.2) is 18.0 Å². The highest BCUT2D eigenvalue weighted by molar-refractivity contribution is 8.00. The first-order valence-corrected chi connectivity index (χ1v) is 6.52. The van der Waals surface area contributed by atoms with Crippen molar-refractivity contribution < 1.29 is 4.74 Å². The molecule has 0 radical (unpaired) electrons. The van der Waals surface area contributed by atoms with Crippen LogP contribution in [0.3, 0.4) is 0 Å². The van der Waals surface area contributed by atoms with Gasteiger partial charge in [-0.15, -0.1) is 11.8 Å². The van der Waals surface area contributed by atoms with Gasteiger partial charge in [-0.3, -0.25) is 0 Å². The molecule has 1 nitrogen and oxygen atoms in total. The molecule has 0 spiro atoms. The minimum absolute atomic E-state index is 0.435. The lowest BCUT2D eigenvalue weighted by Gasteiger charge is -2.19. The van der Waals surface area contributed by atoms with Gasteiger partial charge in [-0.2, -0.15) is 0 Å². The summed E-state index contributed by atoms with van der Waals surface area (Å²) in [6.45, 7) is 5.42. The van der Waals surface area contributed by atoms with Crippen LogP contribution in [0.4, 0.5) is 0 Å². The van der Waals surface area contributed by atoms with E-state index in [0.29, 0.717) is 17.3 Å². The first-order valence-electron chi connectivity index (χ1n) is 5.64. The summed E-state index contributed by atoms with van der Waals surface area (Å²) in [6.07, 6.45) is 1.56. The zero-order valence-electron chi connectivity index (χ0n) is 9.35. The van der Waals surface area contributed by atoms with Crippen LogP contribution in [0.15, 0.2) is 35.2 Å². The largest absolute Gasteiger partial charge is 0.377 e. The van der Waals surface area contributed by atoms with Crippen molar-refractivity contribution in [1.29, 1.82) is 0 Å². The average Bonchev–Trinajstić information content (AvgIpc) is 2.62. The summed E-state index contributed by atoms with van der Waals surface area (Å²) in [5, 5.41) is 0.623. The zero-order chi connectivity index (χ0) is 10.7. The Morgan fingerprint density at radius 3 is 2.73 bits per heavy atom. The van der Waals surface area contributed by atoms with Gasteiger partial charge >= 0.3 is 0 Å². The van der Waals surface area contributed by atoms with Crippen molar-refractivity contribution in [2.24, 2.45) is 5.92 Å². The van der Waals surface area contributed by atoms with Crippen LogP contribution >= 0.6 is 11.8 Å². The summed E-state index contributed by atoms with van der Waals surface area (Å²) < 4.78 is 5.78. The molecule has 0 amide bonds. The molecule has 0 saturated carbocycles. The SMILES string of the molecule is CC[C@@H]1OC[C@H](C)[C@H]1Sc1ccccc1. The van der Waals surface area contributed by atoms with Crippen molar-refractivity contribution >= 4 is 11.8 Å². The lowest BCUT2D eigenvalue weighted by molar-refractivity contribution is 0.106. The highest BCUT2D eigenvalue weighted by Crippen LogP contribution is 2.36. The Labute approximate surface area is 96.2 Å². The topological polar surface area (TPSA) is 9.23 Å². The molecule has 0 bridgehead atoms. The van der Waals surface area contributed by atoms with E-state index in [1.54, 1.807) is 0 Å². The van der Waals surface area contributed by atoms with E-state index in [1.165, 1.54) is 4.90 Å². The maximum Gasteiger partial charge on any atom is 0.0698 e. The highest BCUT2D eigenvalue weighted by Gasteiger charge is 2.33. The lowest BCUT2D eigenvalue weighted by atomic mass is 10.1. The number of hydrogen-bond donors (Lipinski definition) is 0. The quantitative estimate of drug-likeness (QED) is 0.773. The third-order valence-corrected chi connectivity index (χ3v) is 4.50. The molecule has 0 unspecified atom stereocenters. The molecule has 1 aromatic carbocycles. The average molecular weight is 222 g/mol. The first-order chi connectivity index (χ1) is 7.31. The van der Waals surface area contributed by atoms with E-state index in [0.717, 1.165) is 13.0 Å². The van der Waals surface area contributed by atoms with Crippen molar-refractivity contribution in [2.75, 3.05) is 6.61 Å². The van der Waals surface area contributed by atoms with E-state index in [9.17, 15) is 0 Å². The second-order valence-corrected chi connectivity index (χ2v) is 5.40. The van der Waals surface area contributed by atoms with Crippen molar-refractivity contribution in [3.63, 3.8) is 0 Å².